The molecule has 21 heavy (non-hydrogen) atoms. The van der Waals surface area contributed by atoms with Crippen molar-refractivity contribution in [2.24, 2.45) is 5.41 Å². The average molecular weight is 308 g/mol. The zero-order chi connectivity index (χ0) is 15.7. The highest BCUT2D eigenvalue weighted by Crippen LogP contribution is 2.43. The first-order chi connectivity index (χ1) is 9.82. The molecule has 5 nitrogen and oxygen atoms in total. The van der Waals surface area contributed by atoms with Gasteiger partial charge in [-0.25, -0.2) is 13.1 Å². The first kappa shape index (κ1) is 16.0. The number of nitrogens with zero attached hydrogens (tertiary/aromatic N) is 1. The molecule has 1 aromatic rings. The lowest BCUT2D eigenvalue weighted by atomic mass is 9.65. The molecule has 0 spiro atoms. The Balaban J connectivity index is 2.19. The highest BCUT2D eigenvalue weighted by atomic mass is 32.2. The van der Waals surface area contributed by atoms with Gasteiger partial charge in [0.2, 0.25) is 10.0 Å². The van der Waals surface area contributed by atoms with Crippen LogP contribution in [0.2, 0.25) is 0 Å². The van der Waals surface area contributed by atoms with Crippen LogP contribution < -0.4 is 4.72 Å². The fourth-order valence-corrected chi connectivity index (χ4v) is 4.18. The van der Waals surface area contributed by atoms with Gasteiger partial charge in [-0.2, -0.15) is 5.26 Å². The molecule has 2 rings (SSSR count). The van der Waals surface area contributed by atoms with Gasteiger partial charge in [-0.1, -0.05) is 26.0 Å². The van der Waals surface area contributed by atoms with E-state index in [1.807, 2.05) is 26.8 Å². The molecular weight excluding hydrogens is 288 g/mol. The minimum absolute atomic E-state index is 0.0307. The molecule has 0 radical (unpaired) electrons. The highest BCUT2D eigenvalue weighted by molar-refractivity contribution is 7.89. The van der Waals surface area contributed by atoms with Gasteiger partial charge in [-0.15, -0.1) is 0 Å². The molecule has 1 saturated carbocycles. The van der Waals surface area contributed by atoms with E-state index in [2.05, 4.69) is 4.72 Å². The summed E-state index contributed by atoms with van der Waals surface area (Å²) in [6, 6.07) is 7.95. The topological polar surface area (TPSA) is 79.2 Å². The first-order valence-corrected chi connectivity index (χ1v) is 8.44. The summed E-state index contributed by atoms with van der Waals surface area (Å²) in [6.07, 6.45) is 0.704. The van der Waals surface area contributed by atoms with E-state index in [0.717, 1.165) is 0 Å². The van der Waals surface area contributed by atoms with Gasteiger partial charge < -0.3 is 4.74 Å². The van der Waals surface area contributed by atoms with E-state index in [9.17, 15) is 8.42 Å². The van der Waals surface area contributed by atoms with Crippen molar-refractivity contribution in [2.45, 2.75) is 44.2 Å². The van der Waals surface area contributed by atoms with Gasteiger partial charge in [0.15, 0.2) is 0 Å². The van der Waals surface area contributed by atoms with Gasteiger partial charge in [0.1, 0.15) is 6.07 Å². The summed E-state index contributed by atoms with van der Waals surface area (Å²) in [4.78, 5) is 0.0307. The molecule has 1 N–H and O–H groups in total. The van der Waals surface area contributed by atoms with E-state index in [0.29, 0.717) is 13.0 Å². The van der Waals surface area contributed by atoms with Crippen LogP contribution in [0.15, 0.2) is 29.2 Å². The van der Waals surface area contributed by atoms with E-state index in [4.69, 9.17) is 10.00 Å². The van der Waals surface area contributed by atoms with Gasteiger partial charge in [0.05, 0.1) is 16.6 Å². The maximum absolute atomic E-state index is 12.5. The van der Waals surface area contributed by atoms with Crippen molar-refractivity contribution in [1.82, 2.24) is 4.72 Å². The quantitative estimate of drug-likeness (QED) is 0.902. The predicted molar refractivity (Wildman–Crippen MR) is 79.1 cm³/mol. The zero-order valence-electron chi connectivity index (χ0n) is 12.5. The number of nitriles is 1. The van der Waals surface area contributed by atoms with Crippen LogP contribution in [0.5, 0.6) is 0 Å². The van der Waals surface area contributed by atoms with Crippen LogP contribution in [0.25, 0.3) is 0 Å². The second-order valence-electron chi connectivity index (χ2n) is 5.78. The molecule has 1 aliphatic carbocycles. The van der Waals surface area contributed by atoms with Crippen LogP contribution in [0.1, 0.15) is 32.8 Å². The van der Waals surface area contributed by atoms with E-state index in [1.165, 1.54) is 12.1 Å². The Hall–Kier alpha value is -1.42. The Bertz CT molecular complexity index is 662. The molecule has 0 aliphatic heterocycles. The summed E-state index contributed by atoms with van der Waals surface area (Å²) >= 11 is 0. The second-order valence-corrected chi connectivity index (χ2v) is 7.47. The fraction of sp³-hybridized carbons (Fsp3) is 0.533. The average Bonchev–Trinajstić information content (AvgIpc) is 2.46. The Morgan fingerprint density at radius 3 is 2.67 bits per heavy atom. The molecule has 0 aromatic heterocycles. The van der Waals surface area contributed by atoms with Crippen molar-refractivity contribution in [1.29, 1.82) is 5.26 Å². The molecule has 1 aliphatic rings. The Kier molecular flexibility index (Phi) is 4.38. The molecule has 0 saturated heterocycles. The molecule has 1 fully saturated rings. The summed E-state index contributed by atoms with van der Waals surface area (Å²) in [5.41, 5.74) is -0.103. The van der Waals surface area contributed by atoms with Crippen LogP contribution in [0.4, 0.5) is 0 Å². The molecule has 0 amide bonds. The number of sulfonamides is 1. The third kappa shape index (κ3) is 2.95. The van der Waals surface area contributed by atoms with Gasteiger partial charge in [-0.3, -0.25) is 0 Å². The number of ether oxygens (including phenoxy) is 1. The number of hydrogen-bond acceptors (Lipinski definition) is 4. The predicted octanol–water partition coefficient (Wildman–Crippen LogP) is 2.04. The van der Waals surface area contributed by atoms with Crippen LogP contribution in [-0.4, -0.2) is 27.2 Å². The maximum Gasteiger partial charge on any atom is 0.242 e. The summed E-state index contributed by atoms with van der Waals surface area (Å²) in [6.45, 7) is 6.52. The molecule has 114 valence electrons. The molecular formula is C15H20N2O3S. The van der Waals surface area contributed by atoms with Crippen LogP contribution in [0, 0.1) is 16.7 Å². The van der Waals surface area contributed by atoms with Crippen molar-refractivity contribution in [3.63, 3.8) is 0 Å². The van der Waals surface area contributed by atoms with Crippen molar-refractivity contribution < 1.29 is 13.2 Å². The zero-order valence-corrected chi connectivity index (χ0v) is 13.3. The van der Waals surface area contributed by atoms with Crippen LogP contribution >= 0.6 is 0 Å². The molecule has 2 unspecified atom stereocenters. The van der Waals surface area contributed by atoms with Crippen molar-refractivity contribution >= 4 is 10.0 Å². The summed E-state index contributed by atoms with van der Waals surface area (Å²) in [7, 11) is -3.70. The molecule has 2 atom stereocenters. The first-order valence-electron chi connectivity index (χ1n) is 6.96. The van der Waals surface area contributed by atoms with Crippen LogP contribution in [0.3, 0.4) is 0 Å². The lowest BCUT2D eigenvalue weighted by Crippen LogP contribution is -2.61. The number of hydrogen-bond donors (Lipinski definition) is 1. The van der Waals surface area contributed by atoms with Crippen molar-refractivity contribution in [2.75, 3.05) is 6.61 Å². The lowest BCUT2D eigenvalue weighted by molar-refractivity contribution is -0.108. The monoisotopic (exact) mass is 308 g/mol. The normalized spacial score (nSPS) is 24.1. The van der Waals surface area contributed by atoms with Crippen molar-refractivity contribution in [3.8, 4) is 6.07 Å². The van der Waals surface area contributed by atoms with E-state index < -0.39 is 10.0 Å². The standard InChI is InChI=1S/C15H20N2O3S/c1-4-20-14-9-13(15(14,2)3)17-21(18,19)12-8-6-5-7-11(12)10-16/h5-8,13-14,17H,4,9H2,1-3H3. The fourth-order valence-electron chi connectivity index (χ4n) is 2.61. The number of rotatable bonds is 5. The SMILES string of the molecule is CCOC1CC(NS(=O)(=O)c2ccccc2C#N)C1(C)C. The van der Waals surface area contributed by atoms with Gasteiger partial charge >= 0.3 is 0 Å². The summed E-state index contributed by atoms with van der Waals surface area (Å²) < 4.78 is 33.2. The number of nitrogens with one attached hydrogen (secondary N) is 1. The maximum atomic E-state index is 12.5. The third-order valence-electron chi connectivity index (χ3n) is 4.14. The Morgan fingerprint density at radius 1 is 1.43 bits per heavy atom. The van der Waals surface area contributed by atoms with Gasteiger partial charge in [-0.05, 0) is 25.5 Å². The van der Waals surface area contributed by atoms with Gasteiger partial charge in [0, 0.05) is 18.1 Å². The largest absolute Gasteiger partial charge is 0.378 e. The van der Waals surface area contributed by atoms with Gasteiger partial charge in [0.25, 0.3) is 0 Å². The highest BCUT2D eigenvalue weighted by Gasteiger charge is 2.50. The minimum Gasteiger partial charge on any atom is -0.378 e. The summed E-state index contributed by atoms with van der Waals surface area (Å²) in [5.74, 6) is 0. The van der Waals surface area contributed by atoms with Crippen LogP contribution in [-0.2, 0) is 14.8 Å². The summed E-state index contributed by atoms with van der Waals surface area (Å²) in [5, 5.41) is 9.04. The lowest BCUT2D eigenvalue weighted by Gasteiger charge is -2.51. The molecule has 1 aromatic carbocycles. The Morgan fingerprint density at radius 2 is 2.10 bits per heavy atom. The Labute approximate surface area is 126 Å². The van der Waals surface area contributed by atoms with E-state index in [-0.39, 0.29) is 28.0 Å². The number of benzene rings is 1. The third-order valence-corrected chi connectivity index (χ3v) is 5.67. The smallest absolute Gasteiger partial charge is 0.242 e. The molecule has 6 heteroatoms. The second kappa shape index (κ2) is 5.76. The molecule has 0 heterocycles. The van der Waals surface area contributed by atoms with E-state index in [1.54, 1.807) is 12.1 Å². The minimum atomic E-state index is -3.70. The molecule has 0 bridgehead atoms. The van der Waals surface area contributed by atoms with Crippen molar-refractivity contribution in [3.05, 3.63) is 29.8 Å². The van der Waals surface area contributed by atoms with E-state index >= 15 is 0 Å².